The average molecular weight is 247 g/mol. The van der Waals surface area contributed by atoms with Crippen LogP contribution in [0.2, 0.25) is 0 Å². The molecule has 96 valence electrons. The fourth-order valence-electron chi connectivity index (χ4n) is 2.26. The Morgan fingerprint density at radius 3 is 2.44 bits per heavy atom. The Hall–Kier alpha value is -2.04. The Kier molecular flexibility index (Phi) is 2.77. The maximum atomic E-state index is 12.3. The molecule has 1 aromatic carbocycles. The monoisotopic (exact) mass is 247 g/mol. The maximum absolute atomic E-state index is 12.3. The summed E-state index contributed by atoms with van der Waals surface area (Å²) >= 11 is 0. The summed E-state index contributed by atoms with van der Waals surface area (Å²) in [5.41, 5.74) is 5.93. The SMILES string of the molecule is CCN1C(=O)N(c2cccc(N)c2)C(=O)C1(C)C. The van der Waals surface area contributed by atoms with Crippen LogP contribution in [0.4, 0.5) is 16.2 Å². The minimum Gasteiger partial charge on any atom is -0.399 e. The van der Waals surface area contributed by atoms with Gasteiger partial charge in [0.05, 0.1) is 5.69 Å². The summed E-state index contributed by atoms with van der Waals surface area (Å²) in [6.07, 6.45) is 0. The zero-order valence-electron chi connectivity index (χ0n) is 10.8. The molecule has 0 aromatic heterocycles. The molecule has 5 nitrogen and oxygen atoms in total. The molecule has 0 bridgehead atoms. The molecule has 2 rings (SSSR count). The Morgan fingerprint density at radius 1 is 1.28 bits per heavy atom. The van der Waals surface area contributed by atoms with Crippen LogP contribution in [-0.4, -0.2) is 28.9 Å². The fourth-order valence-corrected chi connectivity index (χ4v) is 2.26. The first kappa shape index (κ1) is 12.4. The molecule has 5 heteroatoms. The number of nitrogens with zero attached hydrogens (tertiary/aromatic N) is 2. The number of amides is 3. The highest BCUT2D eigenvalue weighted by Gasteiger charge is 2.51. The van der Waals surface area contributed by atoms with Crippen molar-refractivity contribution in [3.05, 3.63) is 24.3 Å². The lowest BCUT2D eigenvalue weighted by molar-refractivity contribution is -0.123. The van der Waals surface area contributed by atoms with Crippen molar-refractivity contribution < 1.29 is 9.59 Å². The van der Waals surface area contributed by atoms with Crippen molar-refractivity contribution in [3.63, 3.8) is 0 Å². The molecule has 0 atom stereocenters. The Labute approximate surface area is 106 Å². The van der Waals surface area contributed by atoms with Gasteiger partial charge in [0.25, 0.3) is 5.91 Å². The van der Waals surface area contributed by atoms with Gasteiger partial charge in [0.2, 0.25) is 0 Å². The number of carbonyl (C=O) groups excluding carboxylic acids is 2. The molecule has 0 spiro atoms. The van der Waals surface area contributed by atoms with Gasteiger partial charge in [-0.15, -0.1) is 0 Å². The van der Waals surface area contributed by atoms with Crippen LogP contribution in [-0.2, 0) is 4.79 Å². The highest BCUT2D eigenvalue weighted by atomic mass is 16.2. The number of imide groups is 1. The van der Waals surface area contributed by atoms with Gasteiger partial charge in [0.15, 0.2) is 0 Å². The summed E-state index contributed by atoms with van der Waals surface area (Å²) in [5.74, 6) is -0.222. The third-order valence-electron chi connectivity index (χ3n) is 3.27. The molecule has 1 aliphatic rings. The van der Waals surface area contributed by atoms with E-state index in [4.69, 9.17) is 5.73 Å². The predicted octanol–water partition coefficient (Wildman–Crippen LogP) is 1.84. The molecule has 1 heterocycles. The molecule has 1 saturated heterocycles. The number of nitrogens with two attached hydrogens (primary N) is 1. The normalized spacial score (nSPS) is 18.6. The van der Waals surface area contributed by atoms with E-state index in [0.717, 1.165) is 0 Å². The number of nitrogen functional groups attached to an aromatic ring is 1. The number of benzene rings is 1. The van der Waals surface area contributed by atoms with Gasteiger partial charge in [0.1, 0.15) is 5.54 Å². The van der Waals surface area contributed by atoms with Crippen LogP contribution in [0.5, 0.6) is 0 Å². The highest BCUT2D eigenvalue weighted by Crippen LogP contribution is 2.32. The summed E-state index contributed by atoms with van der Waals surface area (Å²) in [4.78, 5) is 27.4. The lowest BCUT2D eigenvalue weighted by Crippen LogP contribution is -2.43. The van der Waals surface area contributed by atoms with Gasteiger partial charge in [-0.2, -0.15) is 0 Å². The van der Waals surface area contributed by atoms with E-state index in [2.05, 4.69) is 0 Å². The first-order chi connectivity index (χ1) is 8.39. The van der Waals surface area contributed by atoms with E-state index in [1.807, 2.05) is 6.92 Å². The van der Waals surface area contributed by atoms with Crippen molar-refractivity contribution >= 4 is 23.3 Å². The van der Waals surface area contributed by atoms with E-state index in [9.17, 15) is 9.59 Å². The average Bonchev–Trinajstić information content (AvgIpc) is 2.46. The Balaban J connectivity index is 2.47. The Bertz CT molecular complexity index is 511. The zero-order chi connectivity index (χ0) is 13.5. The quantitative estimate of drug-likeness (QED) is 0.640. The standard InChI is InChI=1S/C13H17N3O2/c1-4-15-12(18)16(11(17)13(15,2)3)10-7-5-6-9(14)8-10/h5-8H,4,14H2,1-3H3. The molecule has 1 fully saturated rings. The molecule has 0 saturated carbocycles. The van der Waals surface area contributed by atoms with Crippen LogP contribution in [0.1, 0.15) is 20.8 Å². The fraction of sp³-hybridized carbons (Fsp3) is 0.385. The lowest BCUT2D eigenvalue weighted by Gasteiger charge is -2.25. The number of hydrogen-bond donors (Lipinski definition) is 1. The molecular formula is C13H17N3O2. The van der Waals surface area contributed by atoms with E-state index in [1.54, 1.807) is 43.0 Å². The molecule has 3 amide bonds. The van der Waals surface area contributed by atoms with Gasteiger partial charge in [-0.1, -0.05) is 6.07 Å². The third kappa shape index (κ3) is 1.63. The summed E-state index contributed by atoms with van der Waals surface area (Å²) in [6.45, 7) is 5.86. The van der Waals surface area contributed by atoms with Gasteiger partial charge in [-0.3, -0.25) is 4.79 Å². The van der Waals surface area contributed by atoms with Gasteiger partial charge < -0.3 is 10.6 Å². The second kappa shape index (κ2) is 4.01. The molecule has 0 aliphatic carbocycles. The van der Waals surface area contributed by atoms with Crippen LogP contribution < -0.4 is 10.6 Å². The van der Waals surface area contributed by atoms with Crippen molar-refractivity contribution in [2.75, 3.05) is 17.2 Å². The van der Waals surface area contributed by atoms with E-state index in [1.165, 1.54) is 4.90 Å². The number of carbonyl (C=O) groups is 2. The van der Waals surface area contributed by atoms with Gasteiger partial charge in [0, 0.05) is 12.2 Å². The van der Waals surface area contributed by atoms with Crippen LogP contribution in [0.3, 0.4) is 0 Å². The molecule has 1 aliphatic heterocycles. The smallest absolute Gasteiger partial charge is 0.332 e. The minimum absolute atomic E-state index is 0.222. The van der Waals surface area contributed by atoms with Crippen molar-refractivity contribution in [1.82, 2.24) is 4.90 Å². The third-order valence-corrected chi connectivity index (χ3v) is 3.27. The molecular weight excluding hydrogens is 230 g/mol. The first-order valence-electron chi connectivity index (χ1n) is 5.91. The van der Waals surface area contributed by atoms with Crippen LogP contribution in [0.15, 0.2) is 24.3 Å². The largest absolute Gasteiger partial charge is 0.399 e. The maximum Gasteiger partial charge on any atom is 0.332 e. The summed E-state index contributed by atoms with van der Waals surface area (Å²) in [7, 11) is 0. The Morgan fingerprint density at radius 2 is 1.94 bits per heavy atom. The number of rotatable bonds is 2. The van der Waals surface area contributed by atoms with Crippen molar-refractivity contribution in [2.45, 2.75) is 26.3 Å². The lowest BCUT2D eigenvalue weighted by atomic mass is 10.0. The second-order valence-corrected chi connectivity index (χ2v) is 4.82. The molecule has 0 radical (unpaired) electrons. The summed E-state index contributed by atoms with van der Waals surface area (Å²) in [6, 6.07) is 6.49. The number of urea groups is 1. The van der Waals surface area contributed by atoms with E-state index in [-0.39, 0.29) is 11.9 Å². The van der Waals surface area contributed by atoms with Crippen molar-refractivity contribution in [1.29, 1.82) is 0 Å². The topological polar surface area (TPSA) is 66.6 Å². The van der Waals surface area contributed by atoms with Gasteiger partial charge in [-0.25, -0.2) is 9.69 Å². The van der Waals surface area contributed by atoms with Gasteiger partial charge >= 0.3 is 6.03 Å². The molecule has 0 unspecified atom stereocenters. The van der Waals surface area contributed by atoms with E-state index < -0.39 is 5.54 Å². The molecule has 18 heavy (non-hydrogen) atoms. The number of anilines is 2. The zero-order valence-corrected chi connectivity index (χ0v) is 10.8. The minimum atomic E-state index is -0.809. The number of hydrogen-bond acceptors (Lipinski definition) is 3. The van der Waals surface area contributed by atoms with Gasteiger partial charge in [-0.05, 0) is 39.0 Å². The first-order valence-corrected chi connectivity index (χ1v) is 5.91. The van der Waals surface area contributed by atoms with Crippen LogP contribution in [0.25, 0.3) is 0 Å². The van der Waals surface area contributed by atoms with E-state index in [0.29, 0.717) is 17.9 Å². The summed E-state index contributed by atoms with van der Waals surface area (Å²) in [5, 5.41) is 0. The summed E-state index contributed by atoms with van der Waals surface area (Å²) < 4.78 is 0. The van der Waals surface area contributed by atoms with Crippen LogP contribution in [0, 0.1) is 0 Å². The van der Waals surface area contributed by atoms with Crippen molar-refractivity contribution in [3.8, 4) is 0 Å². The highest BCUT2D eigenvalue weighted by molar-refractivity contribution is 6.23. The molecule has 2 N–H and O–H groups in total. The van der Waals surface area contributed by atoms with Crippen molar-refractivity contribution in [2.24, 2.45) is 0 Å². The second-order valence-electron chi connectivity index (χ2n) is 4.82. The van der Waals surface area contributed by atoms with Crippen LogP contribution >= 0.6 is 0 Å². The number of likely N-dealkylation sites (N-methyl/N-ethyl adjacent to an activating group) is 1. The molecule has 1 aromatic rings. The van der Waals surface area contributed by atoms with E-state index >= 15 is 0 Å². The predicted molar refractivity (Wildman–Crippen MR) is 70.2 cm³/mol.